The fourth-order valence-electron chi connectivity index (χ4n) is 2.54. The number of carbonyl (C=O) groups excluding carboxylic acids is 1. The van der Waals surface area contributed by atoms with Crippen molar-refractivity contribution >= 4 is 11.6 Å². The van der Waals surface area contributed by atoms with E-state index in [0.717, 1.165) is 32.5 Å². The van der Waals surface area contributed by atoms with Crippen molar-refractivity contribution in [2.24, 2.45) is 5.92 Å². The maximum atomic E-state index is 11.9. The molecule has 1 aromatic rings. The number of carbonyl (C=O) groups is 1. The Labute approximate surface area is 125 Å². The largest absolute Gasteiger partial charge is 0.396 e. The molecule has 0 bridgehead atoms. The third-order valence-electron chi connectivity index (χ3n) is 3.90. The molecule has 0 aliphatic carbocycles. The van der Waals surface area contributed by atoms with E-state index in [2.05, 4.69) is 16.3 Å². The highest BCUT2D eigenvalue weighted by atomic mass is 16.3. The fraction of sp³-hybridized carbons (Fsp3) is 0.500. The quantitative estimate of drug-likeness (QED) is 0.862. The minimum Gasteiger partial charge on any atom is -0.396 e. The number of nitrogens with one attached hydrogen (secondary N) is 1. The molecule has 1 heterocycles. The summed E-state index contributed by atoms with van der Waals surface area (Å²) in [6, 6.07) is 8.98. The molecule has 1 fully saturated rings. The van der Waals surface area contributed by atoms with Crippen LogP contribution in [0.2, 0.25) is 0 Å². The number of benzene rings is 1. The average Bonchev–Trinajstić information content (AvgIpc) is 2.53. The van der Waals surface area contributed by atoms with E-state index < -0.39 is 0 Å². The van der Waals surface area contributed by atoms with Gasteiger partial charge in [0, 0.05) is 25.3 Å². The second-order valence-electron chi connectivity index (χ2n) is 5.46. The SMILES string of the molecule is N#Cc1cccc(NC(=O)CCN2CCC(CO)CC2)c1. The summed E-state index contributed by atoms with van der Waals surface area (Å²) in [5, 5.41) is 20.7. The Hall–Kier alpha value is -1.90. The number of likely N-dealkylation sites (tertiary alicyclic amines) is 1. The third kappa shape index (κ3) is 4.85. The summed E-state index contributed by atoms with van der Waals surface area (Å²) in [4.78, 5) is 14.2. The predicted octanol–water partition coefficient (Wildman–Crippen LogP) is 1.59. The average molecular weight is 287 g/mol. The Kier molecular flexibility index (Phi) is 5.73. The van der Waals surface area contributed by atoms with Crippen molar-refractivity contribution in [1.82, 2.24) is 4.90 Å². The Bertz CT molecular complexity index is 516. The molecule has 0 spiro atoms. The lowest BCUT2D eigenvalue weighted by molar-refractivity contribution is -0.116. The topological polar surface area (TPSA) is 76.4 Å². The van der Waals surface area contributed by atoms with E-state index in [-0.39, 0.29) is 12.5 Å². The van der Waals surface area contributed by atoms with Gasteiger partial charge in [-0.05, 0) is 50.0 Å². The molecule has 1 saturated heterocycles. The van der Waals surface area contributed by atoms with Crippen molar-refractivity contribution in [2.45, 2.75) is 19.3 Å². The zero-order valence-electron chi connectivity index (χ0n) is 12.1. The summed E-state index contributed by atoms with van der Waals surface area (Å²) >= 11 is 0. The molecule has 5 heteroatoms. The van der Waals surface area contributed by atoms with Crippen molar-refractivity contribution in [3.63, 3.8) is 0 Å². The number of hydrogen-bond donors (Lipinski definition) is 2. The molecular formula is C16H21N3O2. The van der Waals surface area contributed by atoms with Gasteiger partial charge in [-0.1, -0.05) is 6.07 Å². The molecule has 112 valence electrons. The summed E-state index contributed by atoms with van der Waals surface area (Å²) < 4.78 is 0. The molecule has 1 aliphatic heterocycles. The molecule has 0 unspecified atom stereocenters. The Morgan fingerprint density at radius 2 is 2.19 bits per heavy atom. The van der Waals surface area contributed by atoms with E-state index in [0.29, 0.717) is 23.6 Å². The normalized spacial score (nSPS) is 16.4. The van der Waals surface area contributed by atoms with Crippen LogP contribution in [0.3, 0.4) is 0 Å². The first kappa shape index (κ1) is 15.5. The van der Waals surface area contributed by atoms with Gasteiger partial charge >= 0.3 is 0 Å². The third-order valence-corrected chi connectivity index (χ3v) is 3.90. The zero-order valence-corrected chi connectivity index (χ0v) is 12.1. The number of piperidine rings is 1. The van der Waals surface area contributed by atoms with Crippen molar-refractivity contribution in [3.8, 4) is 6.07 Å². The van der Waals surface area contributed by atoms with Gasteiger partial charge in [0.1, 0.15) is 0 Å². The number of nitriles is 1. The lowest BCUT2D eigenvalue weighted by atomic mass is 9.98. The van der Waals surface area contributed by atoms with E-state index >= 15 is 0 Å². The Balaban J connectivity index is 1.74. The first-order valence-corrected chi connectivity index (χ1v) is 7.34. The monoisotopic (exact) mass is 287 g/mol. The molecule has 1 aliphatic rings. The number of aliphatic hydroxyl groups excluding tert-OH is 1. The second-order valence-corrected chi connectivity index (χ2v) is 5.46. The van der Waals surface area contributed by atoms with Crippen molar-refractivity contribution in [2.75, 3.05) is 31.6 Å². The van der Waals surface area contributed by atoms with Gasteiger partial charge in [0.15, 0.2) is 0 Å². The number of rotatable bonds is 5. The van der Waals surface area contributed by atoms with Crippen LogP contribution in [0.4, 0.5) is 5.69 Å². The second kappa shape index (κ2) is 7.77. The van der Waals surface area contributed by atoms with Gasteiger partial charge in [0.05, 0.1) is 11.6 Å². The van der Waals surface area contributed by atoms with Crippen molar-refractivity contribution in [1.29, 1.82) is 5.26 Å². The molecule has 1 amide bonds. The Morgan fingerprint density at radius 3 is 2.86 bits per heavy atom. The van der Waals surface area contributed by atoms with Crippen LogP contribution in [0.1, 0.15) is 24.8 Å². The van der Waals surface area contributed by atoms with Crippen LogP contribution in [0.5, 0.6) is 0 Å². The number of aliphatic hydroxyl groups is 1. The maximum absolute atomic E-state index is 11.9. The van der Waals surface area contributed by atoms with Gasteiger partial charge in [-0.15, -0.1) is 0 Å². The first-order valence-electron chi connectivity index (χ1n) is 7.34. The molecule has 2 rings (SSSR count). The van der Waals surface area contributed by atoms with Crippen LogP contribution < -0.4 is 5.32 Å². The van der Waals surface area contributed by atoms with Crippen molar-refractivity contribution in [3.05, 3.63) is 29.8 Å². The molecule has 0 atom stereocenters. The van der Waals surface area contributed by atoms with E-state index in [1.807, 2.05) is 0 Å². The van der Waals surface area contributed by atoms with Crippen LogP contribution in [0.25, 0.3) is 0 Å². The number of hydrogen-bond acceptors (Lipinski definition) is 4. The summed E-state index contributed by atoms with van der Waals surface area (Å²) in [6.45, 7) is 2.90. The van der Waals surface area contributed by atoms with Crippen LogP contribution in [-0.2, 0) is 4.79 Å². The smallest absolute Gasteiger partial charge is 0.225 e. The highest BCUT2D eigenvalue weighted by molar-refractivity contribution is 5.90. The number of anilines is 1. The summed E-state index contributed by atoms with van der Waals surface area (Å²) in [5.74, 6) is 0.387. The molecule has 1 aromatic carbocycles. The maximum Gasteiger partial charge on any atom is 0.225 e. The zero-order chi connectivity index (χ0) is 15.1. The van der Waals surface area contributed by atoms with Gasteiger partial charge in [0.2, 0.25) is 5.91 Å². The summed E-state index contributed by atoms with van der Waals surface area (Å²) in [7, 11) is 0. The minimum absolute atomic E-state index is 0.0330. The lowest BCUT2D eigenvalue weighted by Gasteiger charge is -2.30. The Morgan fingerprint density at radius 1 is 1.43 bits per heavy atom. The number of amides is 1. The molecule has 0 saturated carbocycles. The van der Waals surface area contributed by atoms with Gasteiger partial charge in [-0.3, -0.25) is 4.79 Å². The molecule has 2 N–H and O–H groups in total. The highest BCUT2D eigenvalue weighted by Crippen LogP contribution is 2.16. The molecular weight excluding hydrogens is 266 g/mol. The van der Waals surface area contributed by atoms with E-state index in [9.17, 15) is 4.79 Å². The van der Waals surface area contributed by atoms with Gasteiger partial charge in [0.25, 0.3) is 0 Å². The highest BCUT2D eigenvalue weighted by Gasteiger charge is 2.18. The molecule has 5 nitrogen and oxygen atoms in total. The van der Waals surface area contributed by atoms with Crippen LogP contribution >= 0.6 is 0 Å². The van der Waals surface area contributed by atoms with Crippen molar-refractivity contribution < 1.29 is 9.90 Å². The predicted molar refractivity (Wildman–Crippen MR) is 80.7 cm³/mol. The fourth-order valence-corrected chi connectivity index (χ4v) is 2.54. The first-order chi connectivity index (χ1) is 10.2. The minimum atomic E-state index is -0.0330. The van der Waals surface area contributed by atoms with E-state index in [1.54, 1.807) is 24.3 Å². The number of nitrogens with zero attached hydrogens (tertiary/aromatic N) is 2. The van der Waals surface area contributed by atoms with Crippen LogP contribution in [0, 0.1) is 17.2 Å². The van der Waals surface area contributed by atoms with Crippen LogP contribution in [0.15, 0.2) is 24.3 Å². The molecule has 21 heavy (non-hydrogen) atoms. The molecule has 0 aromatic heterocycles. The van der Waals surface area contributed by atoms with E-state index in [4.69, 9.17) is 10.4 Å². The van der Waals surface area contributed by atoms with Gasteiger partial charge in [-0.25, -0.2) is 0 Å². The standard InChI is InChI=1S/C16H21N3O2/c17-11-14-2-1-3-15(10-14)18-16(21)6-9-19-7-4-13(12-20)5-8-19/h1-3,10,13,20H,4-9,12H2,(H,18,21). The van der Waals surface area contributed by atoms with E-state index in [1.165, 1.54) is 0 Å². The molecule has 0 radical (unpaired) electrons. The van der Waals surface area contributed by atoms with Gasteiger partial charge < -0.3 is 15.3 Å². The lowest BCUT2D eigenvalue weighted by Crippen LogP contribution is -2.36. The summed E-state index contributed by atoms with van der Waals surface area (Å²) in [5.41, 5.74) is 1.21. The van der Waals surface area contributed by atoms with Crippen LogP contribution in [-0.4, -0.2) is 42.2 Å². The summed E-state index contributed by atoms with van der Waals surface area (Å²) in [6.07, 6.45) is 2.45. The van der Waals surface area contributed by atoms with Gasteiger partial charge in [-0.2, -0.15) is 5.26 Å².